The Kier molecular flexibility index (Phi) is 4.44. The van der Waals surface area contributed by atoms with Gasteiger partial charge in [0, 0.05) is 40.9 Å². The fourth-order valence-corrected chi connectivity index (χ4v) is 3.60. The van der Waals surface area contributed by atoms with Crippen molar-refractivity contribution in [3.8, 4) is 0 Å². The molecular weight excluding hydrogens is 382 g/mol. The van der Waals surface area contributed by atoms with Gasteiger partial charge in [-0.2, -0.15) is 0 Å². The van der Waals surface area contributed by atoms with Gasteiger partial charge < -0.3 is 14.6 Å². The summed E-state index contributed by atoms with van der Waals surface area (Å²) in [5, 5.41) is 4.73. The maximum absolute atomic E-state index is 12.3. The minimum absolute atomic E-state index is 0.0253. The molecule has 128 valence electrons. The van der Waals surface area contributed by atoms with Gasteiger partial charge in [-0.15, -0.1) is 0 Å². The van der Waals surface area contributed by atoms with Gasteiger partial charge in [0.05, 0.1) is 11.8 Å². The molecule has 1 aliphatic heterocycles. The molecule has 1 saturated heterocycles. The van der Waals surface area contributed by atoms with Gasteiger partial charge in [-0.05, 0) is 49.2 Å². The number of piperidine rings is 1. The van der Waals surface area contributed by atoms with Crippen molar-refractivity contribution in [2.75, 3.05) is 18.4 Å². The van der Waals surface area contributed by atoms with Crippen LogP contribution in [0.15, 0.2) is 57.7 Å². The molecule has 5 nitrogen and oxygen atoms in total. The molecule has 0 saturated carbocycles. The van der Waals surface area contributed by atoms with E-state index in [0.29, 0.717) is 11.8 Å². The maximum atomic E-state index is 12.3. The highest BCUT2D eigenvalue weighted by Crippen LogP contribution is 2.27. The molecule has 0 spiro atoms. The Morgan fingerprint density at radius 2 is 2.08 bits per heavy atom. The van der Waals surface area contributed by atoms with Crippen LogP contribution in [0.5, 0.6) is 0 Å². The second-order valence-corrected chi connectivity index (χ2v) is 7.12. The Morgan fingerprint density at radius 1 is 1.24 bits per heavy atom. The number of hydrogen-bond acceptors (Lipinski definition) is 4. The molecule has 1 aliphatic rings. The van der Waals surface area contributed by atoms with Gasteiger partial charge >= 0.3 is 0 Å². The van der Waals surface area contributed by atoms with E-state index in [4.69, 9.17) is 4.42 Å². The van der Waals surface area contributed by atoms with Crippen molar-refractivity contribution in [2.45, 2.75) is 18.9 Å². The van der Waals surface area contributed by atoms with Crippen LogP contribution < -0.4 is 5.32 Å². The molecule has 0 bridgehead atoms. The predicted octanol–water partition coefficient (Wildman–Crippen LogP) is 4.31. The largest absolute Gasteiger partial charge is 0.459 e. The fraction of sp³-hybridized carbons (Fsp3) is 0.263. The van der Waals surface area contributed by atoms with E-state index in [-0.39, 0.29) is 5.91 Å². The molecule has 3 heterocycles. The Morgan fingerprint density at radius 3 is 2.84 bits per heavy atom. The number of aromatic nitrogens is 1. The third-order valence-electron chi connectivity index (χ3n) is 4.58. The molecule has 2 aromatic heterocycles. The first-order valence-electron chi connectivity index (χ1n) is 8.34. The second kappa shape index (κ2) is 6.88. The average molecular weight is 400 g/mol. The SMILES string of the molecule is O=C(c1ccco1)N1CCC(Nc2ccnc3cc(Br)ccc23)CC1. The summed E-state index contributed by atoms with van der Waals surface area (Å²) in [7, 11) is 0. The van der Waals surface area contributed by atoms with E-state index in [9.17, 15) is 4.79 Å². The van der Waals surface area contributed by atoms with Crippen LogP contribution >= 0.6 is 15.9 Å². The van der Waals surface area contributed by atoms with Gasteiger partial charge in [0.1, 0.15) is 0 Å². The summed E-state index contributed by atoms with van der Waals surface area (Å²) in [5.74, 6) is 0.389. The summed E-state index contributed by atoms with van der Waals surface area (Å²) in [4.78, 5) is 18.6. The summed E-state index contributed by atoms with van der Waals surface area (Å²) < 4.78 is 6.23. The van der Waals surface area contributed by atoms with Crippen molar-refractivity contribution >= 4 is 38.4 Å². The van der Waals surface area contributed by atoms with E-state index in [2.05, 4.69) is 32.3 Å². The summed E-state index contributed by atoms with van der Waals surface area (Å²) in [6.45, 7) is 1.46. The number of pyridine rings is 1. The van der Waals surface area contributed by atoms with Crippen LogP contribution in [-0.2, 0) is 0 Å². The highest BCUT2D eigenvalue weighted by molar-refractivity contribution is 9.10. The zero-order valence-corrected chi connectivity index (χ0v) is 15.2. The Bertz CT molecular complexity index is 887. The highest BCUT2D eigenvalue weighted by atomic mass is 79.9. The molecule has 6 heteroatoms. The Hall–Kier alpha value is -2.34. The number of hydrogen-bond donors (Lipinski definition) is 1. The normalized spacial score (nSPS) is 15.5. The molecule has 4 rings (SSSR count). The number of fused-ring (bicyclic) bond motifs is 1. The summed E-state index contributed by atoms with van der Waals surface area (Å²) in [6.07, 6.45) is 5.18. The van der Waals surface area contributed by atoms with E-state index < -0.39 is 0 Å². The fourth-order valence-electron chi connectivity index (χ4n) is 3.25. The molecule has 1 amide bonds. The number of nitrogens with zero attached hydrogens (tertiary/aromatic N) is 2. The van der Waals surface area contributed by atoms with E-state index in [1.54, 1.807) is 12.1 Å². The summed E-state index contributed by atoms with van der Waals surface area (Å²) in [5.41, 5.74) is 2.05. The van der Waals surface area contributed by atoms with Gasteiger partial charge in [0.2, 0.25) is 0 Å². The first kappa shape index (κ1) is 16.1. The molecule has 1 aromatic carbocycles. The van der Waals surface area contributed by atoms with Crippen molar-refractivity contribution in [1.82, 2.24) is 9.88 Å². The predicted molar refractivity (Wildman–Crippen MR) is 101 cm³/mol. The van der Waals surface area contributed by atoms with Gasteiger partial charge in [-0.1, -0.05) is 15.9 Å². The van der Waals surface area contributed by atoms with Crippen LogP contribution in [-0.4, -0.2) is 34.9 Å². The van der Waals surface area contributed by atoms with Gasteiger partial charge in [0.25, 0.3) is 5.91 Å². The quantitative estimate of drug-likeness (QED) is 0.712. The number of anilines is 1. The number of carbonyl (C=O) groups is 1. The first-order valence-corrected chi connectivity index (χ1v) is 9.13. The smallest absolute Gasteiger partial charge is 0.289 e. The van der Waals surface area contributed by atoms with Crippen molar-refractivity contribution in [1.29, 1.82) is 0 Å². The lowest BCUT2D eigenvalue weighted by Gasteiger charge is -2.32. The van der Waals surface area contributed by atoms with E-state index in [1.165, 1.54) is 6.26 Å². The molecule has 0 radical (unpaired) electrons. The monoisotopic (exact) mass is 399 g/mol. The van der Waals surface area contributed by atoms with E-state index >= 15 is 0 Å². The third kappa shape index (κ3) is 3.39. The average Bonchev–Trinajstić information content (AvgIpc) is 3.16. The number of halogens is 1. The number of rotatable bonds is 3. The number of likely N-dealkylation sites (tertiary alicyclic amines) is 1. The van der Waals surface area contributed by atoms with E-state index in [1.807, 2.05) is 29.3 Å². The third-order valence-corrected chi connectivity index (χ3v) is 5.07. The Balaban J connectivity index is 1.43. The van der Waals surface area contributed by atoms with E-state index in [0.717, 1.165) is 47.0 Å². The topological polar surface area (TPSA) is 58.4 Å². The molecule has 3 aromatic rings. The van der Waals surface area contributed by atoms with Crippen molar-refractivity contribution < 1.29 is 9.21 Å². The first-order chi connectivity index (χ1) is 12.2. The molecule has 0 aliphatic carbocycles. The van der Waals surface area contributed by atoms with Gasteiger partial charge in [0.15, 0.2) is 5.76 Å². The Labute approximate surface area is 154 Å². The molecule has 25 heavy (non-hydrogen) atoms. The van der Waals surface area contributed by atoms with Gasteiger partial charge in [-0.3, -0.25) is 9.78 Å². The highest BCUT2D eigenvalue weighted by Gasteiger charge is 2.25. The lowest BCUT2D eigenvalue weighted by atomic mass is 10.0. The van der Waals surface area contributed by atoms with Crippen LogP contribution in [0.3, 0.4) is 0 Å². The van der Waals surface area contributed by atoms with Crippen molar-refractivity contribution in [2.24, 2.45) is 0 Å². The van der Waals surface area contributed by atoms with Crippen molar-refractivity contribution in [3.05, 3.63) is 59.1 Å². The molecule has 0 atom stereocenters. The second-order valence-electron chi connectivity index (χ2n) is 6.21. The molecule has 1 N–H and O–H groups in total. The number of amides is 1. The lowest BCUT2D eigenvalue weighted by Crippen LogP contribution is -2.42. The number of nitrogens with one attached hydrogen (secondary N) is 1. The van der Waals surface area contributed by atoms with Crippen LogP contribution in [0.4, 0.5) is 5.69 Å². The van der Waals surface area contributed by atoms with Gasteiger partial charge in [-0.25, -0.2) is 0 Å². The molecule has 1 fully saturated rings. The van der Waals surface area contributed by atoms with Crippen LogP contribution in [0, 0.1) is 0 Å². The number of benzene rings is 1. The maximum Gasteiger partial charge on any atom is 0.289 e. The zero-order chi connectivity index (χ0) is 17.2. The van der Waals surface area contributed by atoms with Crippen molar-refractivity contribution in [3.63, 3.8) is 0 Å². The molecule has 0 unspecified atom stereocenters. The standard InChI is InChI=1S/C19H18BrN3O2/c20-13-3-4-15-16(5-8-21-17(15)12-13)22-14-6-9-23(10-7-14)19(24)18-2-1-11-25-18/h1-5,8,11-12,14H,6-7,9-10H2,(H,21,22). The minimum Gasteiger partial charge on any atom is -0.459 e. The number of carbonyl (C=O) groups excluding carboxylic acids is 1. The summed E-state index contributed by atoms with van der Waals surface area (Å²) in [6, 6.07) is 11.9. The van der Waals surface area contributed by atoms with Crippen LogP contribution in [0.25, 0.3) is 10.9 Å². The zero-order valence-electron chi connectivity index (χ0n) is 13.6. The van der Waals surface area contributed by atoms with Crippen LogP contribution in [0.2, 0.25) is 0 Å². The lowest BCUT2D eigenvalue weighted by molar-refractivity contribution is 0.0686. The molecular formula is C19H18BrN3O2. The van der Waals surface area contributed by atoms with Crippen LogP contribution in [0.1, 0.15) is 23.4 Å². The minimum atomic E-state index is -0.0253. The summed E-state index contributed by atoms with van der Waals surface area (Å²) >= 11 is 3.49. The number of furan rings is 1.